The Morgan fingerprint density at radius 3 is 2.46 bits per heavy atom. The average molecular weight is 377 g/mol. The second-order valence-corrected chi connectivity index (χ2v) is 6.77. The highest BCUT2D eigenvalue weighted by Crippen LogP contribution is 2.26. The van der Waals surface area contributed by atoms with E-state index in [2.05, 4.69) is 5.32 Å². The second kappa shape index (κ2) is 9.60. The molecule has 26 heavy (non-hydrogen) atoms. The van der Waals surface area contributed by atoms with E-state index in [9.17, 15) is 4.79 Å². The molecule has 0 saturated heterocycles. The quantitative estimate of drug-likeness (QED) is 0.713. The summed E-state index contributed by atoms with van der Waals surface area (Å²) >= 11 is 0. The number of halogens is 1. The van der Waals surface area contributed by atoms with Crippen LogP contribution in [0.4, 0.5) is 5.69 Å². The van der Waals surface area contributed by atoms with Crippen molar-refractivity contribution >= 4 is 24.0 Å². The summed E-state index contributed by atoms with van der Waals surface area (Å²) in [6.07, 6.45) is 1.47. The summed E-state index contributed by atoms with van der Waals surface area (Å²) in [5.74, 6) is 0.611. The number of rotatable bonds is 7. The van der Waals surface area contributed by atoms with E-state index >= 15 is 0 Å². The smallest absolute Gasteiger partial charge is 0.244 e. The molecular weight excluding hydrogens is 348 g/mol. The molecule has 5 heteroatoms. The monoisotopic (exact) mass is 376 g/mol. The zero-order valence-electron chi connectivity index (χ0n) is 15.9. The first-order valence-electron chi connectivity index (χ1n) is 8.76. The first kappa shape index (κ1) is 22.0. The van der Waals surface area contributed by atoms with Crippen LogP contribution in [0.15, 0.2) is 48.5 Å². The van der Waals surface area contributed by atoms with Crippen molar-refractivity contribution in [2.75, 3.05) is 5.32 Å². The third-order valence-electron chi connectivity index (χ3n) is 4.32. The maximum absolute atomic E-state index is 12.4. The minimum Gasteiger partial charge on any atom is -0.486 e. The minimum atomic E-state index is -0.863. The van der Waals surface area contributed by atoms with Crippen molar-refractivity contribution in [2.24, 2.45) is 5.73 Å². The van der Waals surface area contributed by atoms with E-state index in [4.69, 9.17) is 10.5 Å². The Morgan fingerprint density at radius 1 is 1.23 bits per heavy atom. The number of hydrogen-bond donors (Lipinski definition) is 2. The van der Waals surface area contributed by atoms with Crippen LogP contribution in [0, 0.1) is 6.92 Å². The number of nitrogens with one attached hydrogen (secondary N) is 1. The standard InChI is InChI=1S/C21H28N2O2.ClH/c1-5-13-21(4,22)20(24)23-19-12-11-18(14-15(19)2)25-16(3)17-9-7-6-8-10-17;/h6-12,14,16H,5,13,22H2,1-4H3,(H,23,24);1H. The van der Waals surface area contributed by atoms with Crippen LogP contribution in [0.3, 0.4) is 0 Å². The molecule has 0 aliphatic heterocycles. The summed E-state index contributed by atoms with van der Waals surface area (Å²) in [5.41, 5.74) is 8.06. The molecule has 0 aliphatic carbocycles. The van der Waals surface area contributed by atoms with Crippen molar-refractivity contribution < 1.29 is 9.53 Å². The summed E-state index contributed by atoms with van der Waals surface area (Å²) in [4.78, 5) is 12.4. The zero-order valence-corrected chi connectivity index (χ0v) is 16.7. The van der Waals surface area contributed by atoms with Crippen molar-refractivity contribution in [1.82, 2.24) is 0 Å². The lowest BCUT2D eigenvalue weighted by Crippen LogP contribution is -2.48. The van der Waals surface area contributed by atoms with E-state index in [1.54, 1.807) is 6.92 Å². The third kappa shape index (κ3) is 5.75. The van der Waals surface area contributed by atoms with Gasteiger partial charge in [-0.1, -0.05) is 43.7 Å². The SMILES string of the molecule is CCCC(C)(N)C(=O)Nc1ccc(OC(C)c2ccccc2)cc1C.Cl. The molecule has 142 valence electrons. The molecule has 2 unspecified atom stereocenters. The topological polar surface area (TPSA) is 64.4 Å². The molecule has 0 saturated carbocycles. The van der Waals surface area contributed by atoms with E-state index in [1.807, 2.05) is 69.3 Å². The largest absolute Gasteiger partial charge is 0.486 e. The molecule has 0 aliphatic rings. The van der Waals surface area contributed by atoms with Crippen LogP contribution in [0.1, 0.15) is 50.8 Å². The predicted octanol–water partition coefficient (Wildman–Crippen LogP) is 5.01. The number of anilines is 1. The van der Waals surface area contributed by atoms with Crippen LogP contribution < -0.4 is 15.8 Å². The number of hydrogen-bond acceptors (Lipinski definition) is 3. The van der Waals surface area contributed by atoms with Crippen molar-refractivity contribution in [1.29, 1.82) is 0 Å². The van der Waals surface area contributed by atoms with Gasteiger partial charge in [-0.2, -0.15) is 0 Å². The average Bonchev–Trinajstić information content (AvgIpc) is 2.58. The molecule has 2 aromatic rings. The maximum atomic E-state index is 12.4. The number of ether oxygens (including phenoxy) is 1. The maximum Gasteiger partial charge on any atom is 0.244 e. The molecule has 0 fully saturated rings. The Balaban J connectivity index is 0.00000338. The van der Waals surface area contributed by atoms with Gasteiger partial charge in [-0.15, -0.1) is 12.4 Å². The minimum absolute atomic E-state index is 0. The Labute approximate surface area is 162 Å². The molecule has 2 aromatic carbocycles. The van der Waals surface area contributed by atoms with Crippen LogP contribution in [0.25, 0.3) is 0 Å². The molecular formula is C21H29ClN2O2. The number of nitrogens with two attached hydrogens (primary N) is 1. The Hall–Kier alpha value is -2.04. The van der Waals surface area contributed by atoms with Crippen LogP contribution in [-0.2, 0) is 4.79 Å². The lowest BCUT2D eigenvalue weighted by molar-refractivity contribution is -0.120. The third-order valence-corrected chi connectivity index (χ3v) is 4.32. The van der Waals surface area contributed by atoms with Gasteiger partial charge in [0.25, 0.3) is 0 Å². The van der Waals surface area contributed by atoms with Crippen molar-refractivity contribution in [3.8, 4) is 5.75 Å². The Bertz CT molecular complexity index is 717. The van der Waals surface area contributed by atoms with Gasteiger partial charge >= 0.3 is 0 Å². The summed E-state index contributed by atoms with van der Waals surface area (Å²) in [7, 11) is 0. The fraction of sp³-hybridized carbons (Fsp3) is 0.381. The van der Waals surface area contributed by atoms with Gasteiger partial charge in [-0.25, -0.2) is 0 Å². The second-order valence-electron chi connectivity index (χ2n) is 6.77. The summed E-state index contributed by atoms with van der Waals surface area (Å²) < 4.78 is 6.01. The molecule has 0 spiro atoms. The molecule has 4 nitrogen and oxygen atoms in total. The van der Waals surface area contributed by atoms with E-state index in [0.29, 0.717) is 6.42 Å². The van der Waals surface area contributed by atoms with Gasteiger partial charge in [0, 0.05) is 5.69 Å². The molecule has 2 rings (SSSR count). The van der Waals surface area contributed by atoms with Crippen LogP contribution in [-0.4, -0.2) is 11.4 Å². The highest BCUT2D eigenvalue weighted by Gasteiger charge is 2.27. The van der Waals surface area contributed by atoms with Crippen molar-refractivity contribution in [3.05, 3.63) is 59.7 Å². The number of carbonyl (C=O) groups excluding carboxylic acids is 1. The van der Waals surface area contributed by atoms with Gasteiger partial charge in [-0.3, -0.25) is 4.79 Å². The first-order valence-corrected chi connectivity index (χ1v) is 8.76. The van der Waals surface area contributed by atoms with Gasteiger partial charge in [0.2, 0.25) is 5.91 Å². The summed E-state index contributed by atoms with van der Waals surface area (Å²) in [6, 6.07) is 15.7. The normalized spacial score (nSPS) is 13.9. The molecule has 0 aromatic heterocycles. The lowest BCUT2D eigenvalue weighted by atomic mass is 9.96. The van der Waals surface area contributed by atoms with E-state index < -0.39 is 5.54 Å². The molecule has 0 bridgehead atoms. The van der Waals surface area contributed by atoms with Gasteiger partial charge < -0.3 is 15.8 Å². The summed E-state index contributed by atoms with van der Waals surface area (Å²) in [5, 5.41) is 2.93. The number of amides is 1. The van der Waals surface area contributed by atoms with Gasteiger partial charge in [0.1, 0.15) is 11.9 Å². The first-order chi connectivity index (χ1) is 11.8. The van der Waals surface area contributed by atoms with Crippen LogP contribution >= 0.6 is 12.4 Å². The van der Waals surface area contributed by atoms with Gasteiger partial charge in [0.05, 0.1) is 5.54 Å². The lowest BCUT2D eigenvalue weighted by Gasteiger charge is -2.23. The van der Waals surface area contributed by atoms with Crippen molar-refractivity contribution in [3.63, 3.8) is 0 Å². The van der Waals surface area contributed by atoms with Gasteiger partial charge in [-0.05, 0) is 56.5 Å². The number of aryl methyl sites for hydroxylation is 1. The van der Waals surface area contributed by atoms with Crippen molar-refractivity contribution in [2.45, 2.75) is 52.2 Å². The van der Waals surface area contributed by atoms with Gasteiger partial charge in [0.15, 0.2) is 0 Å². The van der Waals surface area contributed by atoms with E-state index in [0.717, 1.165) is 29.0 Å². The number of carbonyl (C=O) groups is 1. The fourth-order valence-corrected chi connectivity index (χ4v) is 2.74. The van der Waals surface area contributed by atoms with Crippen LogP contribution in [0.2, 0.25) is 0 Å². The Morgan fingerprint density at radius 2 is 1.88 bits per heavy atom. The van der Waals surface area contributed by atoms with E-state index in [-0.39, 0.29) is 24.4 Å². The number of benzene rings is 2. The fourth-order valence-electron chi connectivity index (χ4n) is 2.74. The molecule has 3 N–H and O–H groups in total. The molecule has 1 amide bonds. The molecule has 0 heterocycles. The van der Waals surface area contributed by atoms with Crippen LogP contribution in [0.5, 0.6) is 5.75 Å². The Kier molecular flexibility index (Phi) is 8.12. The molecule has 2 atom stereocenters. The highest BCUT2D eigenvalue weighted by atomic mass is 35.5. The zero-order chi connectivity index (χ0) is 18.4. The predicted molar refractivity (Wildman–Crippen MR) is 110 cm³/mol. The highest BCUT2D eigenvalue weighted by molar-refractivity contribution is 5.98. The van der Waals surface area contributed by atoms with E-state index in [1.165, 1.54) is 0 Å². The molecule has 0 radical (unpaired) electrons. The summed E-state index contributed by atoms with van der Waals surface area (Å²) in [6.45, 7) is 7.75.